The molecule has 0 aliphatic carbocycles. The van der Waals surface area contributed by atoms with E-state index in [2.05, 4.69) is 68.8 Å². The van der Waals surface area contributed by atoms with Gasteiger partial charge in [-0.3, -0.25) is 4.99 Å². The summed E-state index contributed by atoms with van der Waals surface area (Å²) in [6.07, 6.45) is -1.64. The minimum Gasteiger partial charge on any atom is -0.456 e. The molecule has 4 atom stereocenters. The minimum atomic E-state index is -0.627. The van der Waals surface area contributed by atoms with Crippen LogP contribution in [0.25, 0.3) is 33.3 Å². The Kier molecular flexibility index (Phi) is 7.59. The zero-order chi connectivity index (χ0) is 27.6. The van der Waals surface area contributed by atoms with Crippen molar-refractivity contribution in [1.82, 2.24) is 15.3 Å². The first-order chi connectivity index (χ1) is 19.4. The summed E-state index contributed by atoms with van der Waals surface area (Å²) in [4.78, 5) is 11.8. The number of aromatic amines is 1. The fourth-order valence-electron chi connectivity index (χ4n) is 5.13. The standard InChI is InChI=1S/C29H31ClN6O4/c30-21-12-23-22(35-29(36-23)40-25-15-39-26-24(37)14-38-27(25)26)11-20(21)19-7-5-18(6-8-19)17-3-1-16(2-4-17)13-33-9-10-34-28(31)32/h1-8,11-12,24-27,33,37H,9-10,13-15H2,(H,35,36)(H4,31,32,34)/t24-,25-,26?,27-/m1/s1. The van der Waals surface area contributed by atoms with Crippen LogP contribution in [-0.2, 0) is 16.0 Å². The van der Waals surface area contributed by atoms with Gasteiger partial charge in [0.05, 0.1) is 35.8 Å². The molecule has 0 radical (unpaired) electrons. The van der Waals surface area contributed by atoms with Crippen LogP contribution < -0.4 is 21.5 Å². The molecule has 3 heterocycles. The van der Waals surface area contributed by atoms with Gasteiger partial charge >= 0.3 is 0 Å². The van der Waals surface area contributed by atoms with Crippen LogP contribution in [0.2, 0.25) is 5.02 Å². The number of aliphatic imine (C=N–C) groups is 1. The number of guanidine groups is 1. The molecule has 1 unspecified atom stereocenters. The molecule has 40 heavy (non-hydrogen) atoms. The SMILES string of the molecule is NC(N)=NCCNCc1ccc(-c2ccc(-c3cc4nc(O[C@@H]5COC6[C@H](O)CO[C@@H]65)[nH]c4cc3Cl)cc2)cc1. The highest BCUT2D eigenvalue weighted by Gasteiger charge is 2.48. The molecule has 0 spiro atoms. The lowest BCUT2D eigenvalue weighted by atomic mass is 9.99. The van der Waals surface area contributed by atoms with Crippen molar-refractivity contribution < 1.29 is 19.3 Å². The molecule has 10 nitrogen and oxygen atoms in total. The molecule has 3 aromatic carbocycles. The molecule has 0 bridgehead atoms. The molecule has 7 N–H and O–H groups in total. The van der Waals surface area contributed by atoms with Crippen molar-refractivity contribution in [1.29, 1.82) is 0 Å². The van der Waals surface area contributed by atoms with Crippen LogP contribution in [0.4, 0.5) is 0 Å². The normalized spacial score (nSPS) is 21.9. The third-order valence-electron chi connectivity index (χ3n) is 7.19. The molecule has 2 aliphatic heterocycles. The zero-order valence-electron chi connectivity index (χ0n) is 21.7. The number of nitrogens with one attached hydrogen (secondary N) is 2. The van der Waals surface area contributed by atoms with E-state index in [1.807, 2.05) is 12.1 Å². The highest BCUT2D eigenvalue weighted by Crippen LogP contribution is 2.35. The van der Waals surface area contributed by atoms with Crippen LogP contribution in [0.5, 0.6) is 6.01 Å². The maximum Gasteiger partial charge on any atom is 0.295 e. The van der Waals surface area contributed by atoms with Gasteiger partial charge < -0.3 is 41.1 Å². The maximum absolute atomic E-state index is 9.96. The van der Waals surface area contributed by atoms with E-state index in [0.29, 0.717) is 30.7 Å². The van der Waals surface area contributed by atoms with Crippen LogP contribution >= 0.6 is 11.6 Å². The van der Waals surface area contributed by atoms with E-state index in [1.165, 1.54) is 5.56 Å². The summed E-state index contributed by atoms with van der Waals surface area (Å²) < 4.78 is 17.3. The molecule has 6 rings (SSSR count). The van der Waals surface area contributed by atoms with E-state index in [-0.39, 0.29) is 30.9 Å². The van der Waals surface area contributed by atoms with Crippen molar-refractivity contribution in [3.8, 4) is 28.3 Å². The molecular formula is C29H31ClN6O4. The minimum absolute atomic E-state index is 0.107. The Morgan fingerprint density at radius 1 is 1.02 bits per heavy atom. The third kappa shape index (κ3) is 5.63. The van der Waals surface area contributed by atoms with Crippen LogP contribution in [0.15, 0.2) is 65.7 Å². The summed E-state index contributed by atoms with van der Waals surface area (Å²) in [5, 5.41) is 13.9. The molecule has 2 saturated heterocycles. The Bertz CT molecular complexity index is 1500. The number of nitrogens with zero attached hydrogens (tertiary/aromatic N) is 2. The summed E-state index contributed by atoms with van der Waals surface area (Å²) in [7, 11) is 0. The number of fused-ring (bicyclic) bond motifs is 2. The number of aromatic nitrogens is 2. The number of nitrogens with two attached hydrogens (primary N) is 2. The van der Waals surface area contributed by atoms with Crippen LogP contribution in [0.3, 0.4) is 0 Å². The Morgan fingerprint density at radius 3 is 2.48 bits per heavy atom. The molecule has 1 aromatic heterocycles. The molecule has 2 fully saturated rings. The van der Waals surface area contributed by atoms with E-state index in [0.717, 1.165) is 39.8 Å². The average molecular weight is 563 g/mol. The van der Waals surface area contributed by atoms with E-state index in [9.17, 15) is 5.11 Å². The molecule has 208 valence electrons. The van der Waals surface area contributed by atoms with Crippen molar-refractivity contribution in [3.05, 3.63) is 71.2 Å². The van der Waals surface area contributed by atoms with Gasteiger partial charge in [-0.15, -0.1) is 0 Å². The lowest BCUT2D eigenvalue weighted by Gasteiger charge is -2.15. The van der Waals surface area contributed by atoms with E-state index < -0.39 is 6.10 Å². The van der Waals surface area contributed by atoms with Gasteiger partial charge in [-0.2, -0.15) is 4.98 Å². The van der Waals surface area contributed by atoms with Gasteiger partial charge in [-0.1, -0.05) is 60.1 Å². The highest BCUT2D eigenvalue weighted by atomic mass is 35.5. The third-order valence-corrected chi connectivity index (χ3v) is 7.50. The monoisotopic (exact) mass is 562 g/mol. The van der Waals surface area contributed by atoms with Gasteiger partial charge in [0, 0.05) is 18.7 Å². The van der Waals surface area contributed by atoms with Crippen LogP contribution in [-0.4, -0.2) is 71.8 Å². The molecule has 2 aliphatic rings. The van der Waals surface area contributed by atoms with Gasteiger partial charge in [0.2, 0.25) is 0 Å². The van der Waals surface area contributed by atoms with Gasteiger partial charge in [-0.05, 0) is 34.4 Å². The van der Waals surface area contributed by atoms with Crippen molar-refractivity contribution in [2.24, 2.45) is 16.5 Å². The molecule has 4 aromatic rings. The Labute approximate surface area is 236 Å². The predicted molar refractivity (Wildman–Crippen MR) is 154 cm³/mol. The Morgan fingerprint density at radius 2 is 1.73 bits per heavy atom. The number of H-pyrrole nitrogens is 1. The van der Waals surface area contributed by atoms with E-state index in [1.54, 1.807) is 0 Å². The topological polar surface area (TPSA) is 153 Å². The van der Waals surface area contributed by atoms with Gasteiger partial charge in [0.1, 0.15) is 18.3 Å². The predicted octanol–water partition coefficient (Wildman–Crippen LogP) is 2.82. The number of ether oxygens (including phenoxy) is 3. The number of imidazole rings is 1. The van der Waals surface area contributed by atoms with Gasteiger partial charge in [0.15, 0.2) is 12.1 Å². The largest absolute Gasteiger partial charge is 0.456 e. The lowest BCUT2D eigenvalue weighted by molar-refractivity contribution is 0.00706. The van der Waals surface area contributed by atoms with Crippen LogP contribution in [0, 0.1) is 0 Å². The zero-order valence-corrected chi connectivity index (χ0v) is 22.5. The summed E-state index contributed by atoms with van der Waals surface area (Å²) in [5.41, 5.74) is 17.5. The smallest absolute Gasteiger partial charge is 0.295 e. The maximum atomic E-state index is 9.96. The number of benzene rings is 3. The number of hydrogen-bond acceptors (Lipinski definition) is 7. The summed E-state index contributed by atoms with van der Waals surface area (Å²) in [6.45, 7) is 2.59. The summed E-state index contributed by atoms with van der Waals surface area (Å²) >= 11 is 6.68. The quantitative estimate of drug-likeness (QED) is 0.119. The first-order valence-corrected chi connectivity index (χ1v) is 13.6. The lowest BCUT2D eigenvalue weighted by Crippen LogP contribution is -2.34. The summed E-state index contributed by atoms with van der Waals surface area (Å²) in [6, 6.07) is 20.9. The van der Waals surface area contributed by atoms with Gasteiger partial charge in [0.25, 0.3) is 6.01 Å². The van der Waals surface area contributed by atoms with E-state index >= 15 is 0 Å². The Balaban J connectivity index is 1.12. The molecule has 0 amide bonds. The fraction of sp³-hybridized carbons (Fsp3) is 0.310. The van der Waals surface area contributed by atoms with Crippen molar-refractivity contribution in [2.45, 2.75) is 31.0 Å². The fourth-order valence-corrected chi connectivity index (χ4v) is 5.40. The average Bonchev–Trinajstić information content (AvgIpc) is 3.65. The second-order valence-corrected chi connectivity index (χ2v) is 10.4. The summed E-state index contributed by atoms with van der Waals surface area (Å²) in [5.74, 6) is 0.107. The number of halogens is 1. The second-order valence-electron chi connectivity index (χ2n) is 9.97. The van der Waals surface area contributed by atoms with Crippen LogP contribution in [0.1, 0.15) is 5.56 Å². The van der Waals surface area contributed by atoms with Gasteiger partial charge in [-0.25, -0.2) is 0 Å². The first-order valence-electron chi connectivity index (χ1n) is 13.2. The Hall–Kier alpha value is -3.67. The first kappa shape index (κ1) is 26.5. The number of aliphatic hydroxyl groups is 1. The molecule has 11 heteroatoms. The highest BCUT2D eigenvalue weighted by molar-refractivity contribution is 6.34. The van der Waals surface area contributed by atoms with E-state index in [4.69, 9.17) is 37.3 Å². The number of hydrogen-bond donors (Lipinski definition) is 5. The van der Waals surface area contributed by atoms with Crippen molar-refractivity contribution >= 4 is 28.6 Å². The van der Waals surface area contributed by atoms with Crippen molar-refractivity contribution in [3.63, 3.8) is 0 Å². The number of rotatable bonds is 9. The van der Waals surface area contributed by atoms with Crippen molar-refractivity contribution in [2.75, 3.05) is 26.3 Å². The number of aliphatic hydroxyl groups excluding tert-OH is 1. The second kappa shape index (κ2) is 11.4. The molecular weight excluding hydrogens is 532 g/mol. The molecule has 0 saturated carbocycles.